The topological polar surface area (TPSA) is 123 Å². The molecule has 10 nitrogen and oxygen atoms in total. The predicted octanol–water partition coefficient (Wildman–Crippen LogP) is 8.43. The number of carbonyl (C=O) groups excluding carboxylic acids is 1. The van der Waals surface area contributed by atoms with Crippen LogP contribution in [-0.2, 0) is 28.5 Å². The molecule has 2 aromatic heterocycles. The molecule has 3 aromatic rings. The number of halogens is 4. The fraction of sp³-hybridized carbons (Fsp3) is 0.515. The Balaban J connectivity index is 1.60. The molecule has 0 aliphatic heterocycles. The van der Waals surface area contributed by atoms with E-state index in [0.29, 0.717) is 34.1 Å². The smallest absolute Gasteiger partial charge is 0.433 e. The van der Waals surface area contributed by atoms with Crippen molar-refractivity contribution in [1.29, 1.82) is 0 Å². The van der Waals surface area contributed by atoms with E-state index in [-0.39, 0.29) is 47.5 Å². The van der Waals surface area contributed by atoms with Crippen molar-refractivity contribution in [3.63, 3.8) is 0 Å². The van der Waals surface area contributed by atoms with E-state index in [4.69, 9.17) is 13.9 Å². The SMILES string of the molecule is CC(C)(C)OC(=O)N(C(=O)O)c1cc2c(CNC3CC(Oc4ccnc(C(F)(F)F)c4)C3)c(F)cc(CO[Si](C)(C)C(C)(C)C)c2cn1. The van der Waals surface area contributed by atoms with Gasteiger partial charge in [0.1, 0.15) is 34.8 Å². The van der Waals surface area contributed by atoms with Crippen molar-refractivity contribution in [2.24, 2.45) is 0 Å². The number of nitrogens with zero attached hydrogens (tertiary/aromatic N) is 3. The number of hydrogen-bond donors (Lipinski definition) is 2. The van der Waals surface area contributed by atoms with Crippen LogP contribution in [0.25, 0.3) is 10.8 Å². The molecule has 0 bridgehead atoms. The molecule has 48 heavy (non-hydrogen) atoms. The summed E-state index contributed by atoms with van der Waals surface area (Å²) < 4.78 is 72.4. The van der Waals surface area contributed by atoms with Crippen LogP contribution < -0.4 is 15.0 Å². The Morgan fingerprint density at radius 1 is 1.04 bits per heavy atom. The number of ether oxygens (including phenoxy) is 2. The highest BCUT2D eigenvalue weighted by Crippen LogP contribution is 2.38. The fourth-order valence-corrected chi connectivity index (χ4v) is 5.73. The van der Waals surface area contributed by atoms with Crippen LogP contribution in [0.1, 0.15) is 71.2 Å². The highest BCUT2D eigenvalue weighted by Gasteiger charge is 2.38. The third kappa shape index (κ3) is 8.79. The summed E-state index contributed by atoms with van der Waals surface area (Å²) in [6.45, 7) is 15.3. The number of anilines is 1. The van der Waals surface area contributed by atoms with E-state index in [1.54, 1.807) is 20.8 Å². The van der Waals surface area contributed by atoms with Crippen LogP contribution in [0.4, 0.5) is 33.0 Å². The van der Waals surface area contributed by atoms with Crippen molar-refractivity contribution < 1.29 is 46.2 Å². The second-order valence-corrected chi connectivity index (χ2v) is 19.2. The number of rotatable bonds is 9. The summed E-state index contributed by atoms with van der Waals surface area (Å²) in [6.07, 6.45) is -4.36. The van der Waals surface area contributed by atoms with Crippen molar-refractivity contribution in [2.75, 3.05) is 4.90 Å². The van der Waals surface area contributed by atoms with Crippen LogP contribution in [-0.4, -0.2) is 53.3 Å². The predicted molar refractivity (Wildman–Crippen MR) is 174 cm³/mol. The van der Waals surface area contributed by atoms with Crippen molar-refractivity contribution in [3.8, 4) is 5.75 Å². The fourth-order valence-electron chi connectivity index (χ4n) is 4.78. The Morgan fingerprint density at radius 2 is 1.71 bits per heavy atom. The van der Waals surface area contributed by atoms with Gasteiger partial charge in [0, 0.05) is 42.0 Å². The molecular weight excluding hydrogens is 652 g/mol. The molecule has 1 fully saturated rings. The van der Waals surface area contributed by atoms with Crippen LogP contribution in [0.5, 0.6) is 5.75 Å². The van der Waals surface area contributed by atoms with Gasteiger partial charge in [0.25, 0.3) is 0 Å². The first-order chi connectivity index (χ1) is 22.1. The lowest BCUT2D eigenvalue weighted by molar-refractivity contribution is -0.141. The number of nitrogens with one attached hydrogen (secondary N) is 1. The van der Waals surface area contributed by atoms with Crippen molar-refractivity contribution in [2.45, 2.75) is 110 Å². The molecule has 4 rings (SSSR count). The molecule has 2 N–H and O–H groups in total. The normalized spacial score (nSPS) is 17.2. The van der Waals surface area contributed by atoms with Gasteiger partial charge in [0.2, 0.25) is 0 Å². The summed E-state index contributed by atoms with van der Waals surface area (Å²) in [7, 11) is -2.24. The number of carbonyl (C=O) groups is 2. The van der Waals surface area contributed by atoms with E-state index in [2.05, 4.69) is 49.1 Å². The van der Waals surface area contributed by atoms with Crippen molar-refractivity contribution in [1.82, 2.24) is 15.3 Å². The van der Waals surface area contributed by atoms with Crippen LogP contribution in [0.3, 0.4) is 0 Å². The van der Waals surface area contributed by atoms with E-state index in [1.807, 2.05) is 0 Å². The number of pyridine rings is 2. The van der Waals surface area contributed by atoms with Crippen LogP contribution in [0.15, 0.2) is 36.7 Å². The number of fused-ring (bicyclic) bond motifs is 1. The Labute approximate surface area is 277 Å². The van der Waals surface area contributed by atoms with E-state index in [0.717, 1.165) is 12.3 Å². The molecule has 15 heteroatoms. The zero-order chi connectivity index (χ0) is 35.8. The van der Waals surface area contributed by atoms with Gasteiger partial charge in [-0.3, -0.25) is 4.98 Å². The minimum atomic E-state index is -4.59. The van der Waals surface area contributed by atoms with Crippen LogP contribution in [0, 0.1) is 5.82 Å². The Kier molecular flexibility index (Phi) is 10.5. The highest BCUT2D eigenvalue weighted by molar-refractivity contribution is 6.74. The molecule has 0 unspecified atom stereocenters. The number of imide groups is 1. The van der Waals surface area contributed by atoms with Gasteiger partial charge < -0.3 is 24.3 Å². The third-order valence-corrected chi connectivity index (χ3v) is 13.0. The zero-order valence-corrected chi connectivity index (χ0v) is 29.3. The highest BCUT2D eigenvalue weighted by atomic mass is 28.4. The molecule has 0 radical (unpaired) electrons. The number of carboxylic acid groups (broad SMARTS) is 1. The first-order valence-corrected chi connectivity index (χ1v) is 18.4. The number of alkyl halides is 3. The molecular formula is C33H42F4N4O6Si. The maximum absolute atomic E-state index is 15.9. The minimum absolute atomic E-state index is 0.0273. The number of aromatic nitrogens is 2. The largest absolute Gasteiger partial charge is 0.490 e. The summed E-state index contributed by atoms with van der Waals surface area (Å²) in [5.41, 5.74) is -1.30. The van der Waals surface area contributed by atoms with Crippen molar-refractivity contribution in [3.05, 3.63) is 59.3 Å². The Hall–Kier alpha value is -3.82. The maximum Gasteiger partial charge on any atom is 0.433 e. The first-order valence-electron chi connectivity index (χ1n) is 15.5. The van der Waals surface area contributed by atoms with Crippen molar-refractivity contribution >= 4 is 37.1 Å². The zero-order valence-electron chi connectivity index (χ0n) is 28.3. The standard InChI is InChI=1S/C33H42F4N4O6Si/c1-31(2,3)47-30(44)41(29(42)43)28-15-23-24(16-40-28)19(18-45-48(7,8)32(4,5)6)11-26(34)25(23)17-39-20-12-22(13-20)46-21-9-10-38-27(14-21)33(35,36)37/h9-11,14-16,20,22,39H,12-13,17-18H2,1-8H3,(H,42,43). The maximum atomic E-state index is 15.9. The van der Waals surface area contributed by atoms with Gasteiger partial charge in [-0.15, -0.1) is 0 Å². The van der Waals surface area contributed by atoms with Gasteiger partial charge in [0.05, 0.1) is 6.61 Å². The van der Waals surface area contributed by atoms with Crippen LogP contribution >= 0.6 is 0 Å². The second-order valence-electron chi connectivity index (χ2n) is 14.4. The average molecular weight is 695 g/mol. The lowest BCUT2D eigenvalue weighted by atomic mass is 9.88. The summed E-state index contributed by atoms with van der Waals surface area (Å²) in [5, 5.41) is 13.9. The van der Waals surface area contributed by atoms with Gasteiger partial charge in [-0.2, -0.15) is 18.1 Å². The summed E-state index contributed by atoms with van der Waals surface area (Å²) in [5.74, 6) is -0.773. The molecule has 0 saturated heterocycles. The molecule has 2 heterocycles. The van der Waals surface area contributed by atoms with Gasteiger partial charge in [-0.05, 0) is 80.9 Å². The van der Waals surface area contributed by atoms with Gasteiger partial charge >= 0.3 is 18.4 Å². The van der Waals surface area contributed by atoms with Crippen LogP contribution in [0.2, 0.25) is 18.1 Å². The number of benzene rings is 1. The third-order valence-electron chi connectivity index (χ3n) is 8.53. The molecule has 1 aromatic carbocycles. The summed E-state index contributed by atoms with van der Waals surface area (Å²) in [6, 6.07) is 4.80. The van der Waals surface area contributed by atoms with Gasteiger partial charge in [-0.25, -0.2) is 19.0 Å². The van der Waals surface area contributed by atoms with E-state index < -0.39 is 43.8 Å². The molecule has 1 saturated carbocycles. The average Bonchev–Trinajstić information content (AvgIpc) is 2.91. The van der Waals surface area contributed by atoms with E-state index in [9.17, 15) is 27.9 Å². The summed E-state index contributed by atoms with van der Waals surface area (Å²) in [4.78, 5) is 33.0. The lowest BCUT2D eigenvalue weighted by Gasteiger charge is -2.36. The monoisotopic (exact) mass is 694 g/mol. The quantitative estimate of drug-likeness (QED) is 0.168. The number of amides is 2. The lowest BCUT2D eigenvalue weighted by Crippen LogP contribution is -2.46. The molecule has 2 amide bonds. The molecule has 1 aliphatic carbocycles. The minimum Gasteiger partial charge on any atom is -0.490 e. The second kappa shape index (κ2) is 13.6. The summed E-state index contributed by atoms with van der Waals surface area (Å²) >= 11 is 0. The van der Waals surface area contributed by atoms with Gasteiger partial charge in [-0.1, -0.05) is 20.8 Å². The number of hydrogen-bond acceptors (Lipinski definition) is 8. The van der Waals surface area contributed by atoms with E-state index >= 15 is 4.39 Å². The van der Waals surface area contributed by atoms with E-state index in [1.165, 1.54) is 24.4 Å². The Morgan fingerprint density at radius 3 is 2.29 bits per heavy atom. The van der Waals surface area contributed by atoms with Gasteiger partial charge in [0.15, 0.2) is 8.32 Å². The molecule has 1 aliphatic rings. The molecule has 0 atom stereocenters. The molecule has 0 spiro atoms. The first kappa shape index (κ1) is 37.0. The Bertz CT molecular complexity index is 1670. The molecule has 262 valence electrons.